The quantitative estimate of drug-likeness (QED) is 0.841. The lowest BCUT2D eigenvalue weighted by atomic mass is 9.85. The standard InChI is InChI=1S/C15H21NO3/c1-10(2)14-13(4-6-19-14)15(17)16-7-12(8-16)11-3-5-18-9-11/h4,6,10-12H,3,5,7-9H2,1-2H3. The van der Waals surface area contributed by atoms with Crippen molar-refractivity contribution in [3.8, 4) is 0 Å². The molecule has 1 aromatic rings. The fraction of sp³-hybridized carbons (Fsp3) is 0.667. The summed E-state index contributed by atoms with van der Waals surface area (Å²) in [4.78, 5) is 14.3. The molecule has 0 spiro atoms. The average molecular weight is 263 g/mol. The number of carbonyl (C=O) groups is 1. The largest absolute Gasteiger partial charge is 0.468 e. The summed E-state index contributed by atoms with van der Waals surface area (Å²) in [5.41, 5.74) is 0.733. The molecule has 4 nitrogen and oxygen atoms in total. The maximum Gasteiger partial charge on any atom is 0.257 e. The number of amides is 1. The SMILES string of the molecule is CC(C)c1occc1C(=O)N1CC(C2CCOC2)C1. The van der Waals surface area contributed by atoms with E-state index < -0.39 is 0 Å². The molecule has 1 unspecified atom stereocenters. The summed E-state index contributed by atoms with van der Waals surface area (Å²) in [5, 5.41) is 0. The Labute approximate surface area is 113 Å². The number of nitrogens with zero attached hydrogens (tertiary/aromatic N) is 1. The van der Waals surface area contributed by atoms with E-state index in [0.29, 0.717) is 11.8 Å². The molecule has 1 atom stereocenters. The van der Waals surface area contributed by atoms with E-state index >= 15 is 0 Å². The van der Waals surface area contributed by atoms with Crippen molar-refractivity contribution in [3.63, 3.8) is 0 Å². The molecule has 2 fully saturated rings. The molecule has 0 bridgehead atoms. The van der Waals surface area contributed by atoms with Gasteiger partial charge in [-0.2, -0.15) is 0 Å². The van der Waals surface area contributed by atoms with Crippen LogP contribution in [0, 0.1) is 11.8 Å². The van der Waals surface area contributed by atoms with E-state index in [1.54, 1.807) is 12.3 Å². The van der Waals surface area contributed by atoms with E-state index in [2.05, 4.69) is 0 Å². The van der Waals surface area contributed by atoms with Crippen LogP contribution in [0.5, 0.6) is 0 Å². The molecule has 3 rings (SSSR count). The second kappa shape index (κ2) is 5.00. The van der Waals surface area contributed by atoms with Crippen molar-refractivity contribution in [1.29, 1.82) is 0 Å². The normalized spacial score (nSPS) is 23.9. The van der Waals surface area contributed by atoms with Gasteiger partial charge >= 0.3 is 0 Å². The molecule has 19 heavy (non-hydrogen) atoms. The van der Waals surface area contributed by atoms with Crippen LogP contribution < -0.4 is 0 Å². The lowest BCUT2D eigenvalue weighted by Crippen LogP contribution is -2.52. The molecule has 0 N–H and O–H groups in total. The van der Waals surface area contributed by atoms with Gasteiger partial charge in [-0.3, -0.25) is 4.79 Å². The number of carbonyl (C=O) groups excluding carboxylic acids is 1. The first-order valence-corrected chi connectivity index (χ1v) is 7.11. The van der Waals surface area contributed by atoms with Gasteiger partial charge in [-0.05, 0) is 24.3 Å². The first-order valence-electron chi connectivity index (χ1n) is 7.11. The second-order valence-corrected chi connectivity index (χ2v) is 5.95. The molecule has 2 aliphatic heterocycles. The third-order valence-electron chi connectivity index (χ3n) is 4.28. The van der Waals surface area contributed by atoms with Crippen molar-refractivity contribution in [3.05, 3.63) is 23.7 Å². The second-order valence-electron chi connectivity index (χ2n) is 5.95. The van der Waals surface area contributed by atoms with E-state index in [9.17, 15) is 4.79 Å². The number of ether oxygens (including phenoxy) is 1. The average Bonchev–Trinajstić information content (AvgIpc) is 2.97. The van der Waals surface area contributed by atoms with Gasteiger partial charge in [0.25, 0.3) is 5.91 Å². The fourth-order valence-electron chi connectivity index (χ4n) is 3.02. The molecule has 3 heterocycles. The zero-order chi connectivity index (χ0) is 13.4. The Morgan fingerprint density at radius 3 is 2.79 bits per heavy atom. The van der Waals surface area contributed by atoms with Gasteiger partial charge in [-0.25, -0.2) is 0 Å². The molecular formula is C15H21NO3. The van der Waals surface area contributed by atoms with Gasteiger partial charge in [-0.1, -0.05) is 13.8 Å². The minimum atomic E-state index is 0.118. The summed E-state index contributed by atoms with van der Waals surface area (Å²) < 4.78 is 10.8. The summed E-state index contributed by atoms with van der Waals surface area (Å²) in [7, 11) is 0. The van der Waals surface area contributed by atoms with Crippen LogP contribution in [0.25, 0.3) is 0 Å². The highest BCUT2D eigenvalue weighted by atomic mass is 16.5. The van der Waals surface area contributed by atoms with E-state index in [0.717, 1.165) is 44.0 Å². The number of rotatable bonds is 3. The summed E-state index contributed by atoms with van der Waals surface area (Å²) in [6, 6.07) is 1.80. The summed E-state index contributed by atoms with van der Waals surface area (Å²) >= 11 is 0. The van der Waals surface area contributed by atoms with Gasteiger partial charge < -0.3 is 14.1 Å². The maximum atomic E-state index is 12.4. The summed E-state index contributed by atoms with van der Waals surface area (Å²) in [5.74, 6) is 2.44. The molecule has 0 radical (unpaired) electrons. The summed E-state index contributed by atoms with van der Waals surface area (Å²) in [6.07, 6.45) is 2.76. The molecule has 1 aromatic heterocycles. The van der Waals surface area contributed by atoms with Crippen LogP contribution in [-0.2, 0) is 4.74 Å². The zero-order valence-electron chi connectivity index (χ0n) is 11.6. The minimum Gasteiger partial charge on any atom is -0.468 e. The molecule has 0 aliphatic carbocycles. The van der Waals surface area contributed by atoms with Gasteiger partial charge in [-0.15, -0.1) is 0 Å². The predicted molar refractivity (Wildman–Crippen MR) is 71.1 cm³/mol. The van der Waals surface area contributed by atoms with Crippen LogP contribution in [0.3, 0.4) is 0 Å². The van der Waals surface area contributed by atoms with Crippen LogP contribution in [0.4, 0.5) is 0 Å². The third kappa shape index (κ3) is 2.29. The Hall–Kier alpha value is -1.29. The van der Waals surface area contributed by atoms with Gasteiger partial charge in [0.05, 0.1) is 11.8 Å². The van der Waals surface area contributed by atoms with Crippen molar-refractivity contribution in [2.24, 2.45) is 11.8 Å². The van der Waals surface area contributed by atoms with Crippen LogP contribution in [0.15, 0.2) is 16.7 Å². The van der Waals surface area contributed by atoms with Gasteiger partial charge in [0.15, 0.2) is 0 Å². The van der Waals surface area contributed by atoms with E-state index in [4.69, 9.17) is 9.15 Å². The maximum absolute atomic E-state index is 12.4. The van der Waals surface area contributed by atoms with Gasteiger partial charge in [0.1, 0.15) is 5.76 Å². The highest BCUT2D eigenvalue weighted by Crippen LogP contribution is 2.32. The lowest BCUT2D eigenvalue weighted by molar-refractivity contribution is 0.0339. The lowest BCUT2D eigenvalue weighted by Gasteiger charge is -2.42. The van der Waals surface area contributed by atoms with Crippen molar-refractivity contribution in [2.45, 2.75) is 26.2 Å². The predicted octanol–water partition coefficient (Wildman–Crippen LogP) is 2.51. The fourth-order valence-corrected chi connectivity index (χ4v) is 3.02. The Morgan fingerprint density at radius 1 is 1.37 bits per heavy atom. The third-order valence-corrected chi connectivity index (χ3v) is 4.28. The molecular weight excluding hydrogens is 242 g/mol. The number of hydrogen-bond donors (Lipinski definition) is 0. The van der Waals surface area contributed by atoms with Gasteiger partial charge in [0, 0.05) is 32.2 Å². The van der Waals surface area contributed by atoms with Crippen LogP contribution in [0.2, 0.25) is 0 Å². The highest BCUT2D eigenvalue weighted by molar-refractivity contribution is 5.95. The zero-order valence-corrected chi connectivity index (χ0v) is 11.6. The van der Waals surface area contributed by atoms with E-state index in [-0.39, 0.29) is 11.8 Å². The van der Waals surface area contributed by atoms with E-state index in [1.165, 1.54) is 0 Å². The number of furan rings is 1. The highest BCUT2D eigenvalue weighted by Gasteiger charge is 2.38. The molecule has 0 aromatic carbocycles. The topological polar surface area (TPSA) is 42.7 Å². The summed E-state index contributed by atoms with van der Waals surface area (Å²) in [6.45, 7) is 7.59. The molecule has 2 aliphatic rings. The van der Waals surface area contributed by atoms with Crippen molar-refractivity contribution < 1.29 is 13.9 Å². The number of likely N-dealkylation sites (tertiary alicyclic amines) is 1. The molecule has 2 saturated heterocycles. The molecule has 104 valence electrons. The van der Waals surface area contributed by atoms with Crippen LogP contribution >= 0.6 is 0 Å². The van der Waals surface area contributed by atoms with E-state index in [1.807, 2.05) is 18.7 Å². The Kier molecular flexibility index (Phi) is 3.35. The first kappa shape index (κ1) is 12.7. The van der Waals surface area contributed by atoms with Crippen molar-refractivity contribution in [1.82, 2.24) is 4.90 Å². The molecule has 1 amide bonds. The Balaban J connectivity index is 1.61. The van der Waals surface area contributed by atoms with Gasteiger partial charge in [0.2, 0.25) is 0 Å². The Bertz CT molecular complexity index is 454. The number of hydrogen-bond acceptors (Lipinski definition) is 3. The van der Waals surface area contributed by atoms with Crippen molar-refractivity contribution >= 4 is 5.91 Å². The first-order chi connectivity index (χ1) is 9.16. The molecule has 0 saturated carbocycles. The van der Waals surface area contributed by atoms with Crippen LogP contribution in [-0.4, -0.2) is 37.1 Å². The minimum absolute atomic E-state index is 0.118. The van der Waals surface area contributed by atoms with Crippen molar-refractivity contribution in [2.75, 3.05) is 26.3 Å². The monoisotopic (exact) mass is 263 g/mol. The van der Waals surface area contributed by atoms with Crippen LogP contribution in [0.1, 0.15) is 42.3 Å². The smallest absolute Gasteiger partial charge is 0.257 e. The molecule has 4 heteroatoms. The Morgan fingerprint density at radius 2 is 2.16 bits per heavy atom.